The Labute approximate surface area is 178 Å². The van der Waals surface area contributed by atoms with Crippen molar-refractivity contribution in [3.63, 3.8) is 0 Å². The van der Waals surface area contributed by atoms with Gasteiger partial charge in [0.1, 0.15) is 5.75 Å². The van der Waals surface area contributed by atoms with Crippen LogP contribution in [0.1, 0.15) is 27.2 Å². The van der Waals surface area contributed by atoms with E-state index in [0.29, 0.717) is 23.1 Å². The summed E-state index contributed by atoms with van der Waals surface area (Å²) in [6.07, 6.45) is 1.81. The fourth-order valence-corrected chi connectivity index (χ4v) is 4.10. The van der Waals surface area contributed by atoms with Crippen LogP contribution in [0.15, 0.2) is 54.7 Å². The molecule has 0 saturated heterocycles. The molecule has 6 nitrogen and oxygen atoms in total. The average Bonchev–Trinajstić information content (AvgIpc) is 3.35. The molecule has 0 aliphatic rings. The SMILES string of the molecule is COc1ccc2nc(NC(=O)C(=O)c3cccn3Cc3ccc(C)c(C)c3)sc2c1. The zero-order valence-electron chi connectivity index (χ0n) is 16.9. The molecule has 0 bridgehead atoms. The number of methoxy groups -OCH3 is 1. The minimum atomic E-state index is -0.707. The maximum Gasteiger partial charge on any atom is 0.300 e. The van der Waals surface area contributed by atoms with Gasteiger partial charge in [-0.1, -0.05) is 29.5 Å². The predicted molar refractivity (Wildman–Crippen MR) is 119 cm³/mol. The molecular weight excluding hydrogens is 398 g/mol. The maximum atomic E-state index is 12.8. The Balaban J connectivity index is 1.51. The van der Waals surface area contributed by atoms with Crippen molar-refractivity contribution in [2.45, 2.75) is 20.4 Å². The number of anilines is 1. The molecule has 152 valence electrons. The van der Waals surface area contributed by atoms with Crippen LogP contribution in [-0.2, 0) is 11.3 Å². The number of Topliss-reactive ketones (excluding diaryl/α,β-unsaturated/α-hetero) is 1. The second-order valence-corrected chi connectivity index (χ2v) is 8.11. The lowest BCUT2D eigenvalue weighted by atomic mass is 10.1. The summed E-state index contributed by atoms with van der Waals surface area (Å²) in [5.41, 5.74) is 4.56. The highest BCUT2D eigenvalue weighted by Gasteiger charge is 2.21. The number of nitrogens with zero attached hydrogens (tertiary/aromatic N) is 2. The third-order valence-electron chi connectivity index (χ3n) is 5.01. The van der Waals surface area contributed by atoms with Crippen molar-refractivity contribution < 1.29 is 14.3 Å². The van der Waals surface area contributed by atoms with Gasteiger partial charge in [-0.15, -0.1) is 0 Å². The molecule has 0 fully saturated rings. The Hall–Kier alpha value is -3.45. The zero-order valence-corrected chi connectivity index (χ0v) is 17.7. The van der Waals surface area contributed by atoms with E-state index < -0.39 is 11.7 Å². The van der Waals surface area contributed by atoms with Gasteiger partial charge in [-0.25, -0.2) is 4.98 Å². The molecule has 1 N–H and O–H groups in total. The second-order valence-electron chi connectivity index (χ2n) is 7.08. The highest BCUT2D eigenvalue weighted by atomic mass is 32.1. The third kappa shape index (κ3) is 3.97. The van der Waals surface area contributed by atoms with E-state index in [1.807, 2.05) is 18.2 Å². The number of carbonyl (C=O) groups excluding carboxylic acids is 2. The van der Waals surface area contributed by atoms with Gasteiger partial charge < -0.3 is 9.30 Å². The zero-order chi connectivity index (χ0) is 21.3. The molecule has 0 aliphatic heterocycles. The van der Waals surface area contributed by atoms with E-state index in [4.69, 9.17) is 4.74 Å². The lowest BCUT2D eigenvalue weighted by Gasteiger charge is -2.10. The van der Waals surface area contributed by atoms with Gasteiger partial charge in [0.25, 0.3) is 11.7 Å². The molecule has 0 unspecified atom stereocenters. The third-order valence-corrected chi connectivity index (χ3v) is 5.94. The van der Waals surface area contributed by atoms with Crippen molar-refractivity contribution in [3.8, 4) is 5.75 Å². The Morgan fingerprint density at radius 3 is 2.70 bits per heavy atom. The lowest BCUT2D eigenvalue weighted by molar-refractivity contribution is -0.112. The van der Waals surface area contributed by atoms with Crippen molar-refractivity contribution in [1.29, 1.82) is 0 Å². The highest BCUT2D eigenvalue weighted by Crippen LogP contribution is 2.29. The lowest BCUT2D eigenvalue weighted by Crippen LogP contribution is -2.25. The van der Waals surface area contributed by atoms with E-state index >= 15 is 0 Å². The molecule has 2 aromatic heterocycles. The number of aryl methyl sites for hydroxylation is 2. The first kappa shape index (κ1) is 19.8. The molecular formula is C23H21N3O3S. The van der Waals surface area contributed by atoms with Crippen LogP contribution in [0.3, 0.4) is 0 Å². The van der Waals surface area contributed by atoms with Crippen LogP contribution in [0.4, 0.5) is 5.13 Å². The standard InChI is InChI=1S/C23H21N3O3S/c1-14-6-7-16(11-15(14)2)13-26-10-4-5-19(26)21(27)22(28)25-23-24-18-9-8-17(29-3)12-20(18)30-23/h4-12H,13H2,1-3H3,(H,24,25,28). The van der Waals surface area contributed by atoms with Crippen LogP contribution in [0, 0.1) is 13.8 Å². The number of hydrogen-bond donors (Lipinski definition) is 1. The van der Waals surface area contributed by atoms with Gasteiger partial charge in [0.05, 0.1) is 23.0 Å². The fraction of sp³-hybridized carbons (Fsp3) is 0.174. The topological polar surface area (TPSA) is 73.2 Å². The van der Waals surface area contributed by atoms with E-state index in [2.05, 4.69) is 36.3 Å². The minimum Gasteiger partial charge on any atom is -0.497 e. The Kier molecular flexibility index (Phi) is 5.37. The first-order chi connectivity index (χ1) is 14.4. The number of fused-ring (bicyclic) bond motifs is 1. The van der Waals surface area contributed by atoms with Gasteiger partial charge in [0.2, 0.25) is 0 Å². The Morgan fingerprint density at radius 2 is 1.93 bits per heavy atom. The minimum absolute atomic E-state index is 0.341. The van der Waals surface area contributed by atoms with Gasteiger partial charge in [0.15, 0.2) is 5.13 Å². The van der Waals surface area contributed by atoms with E-state index in [9.17, 15) is 9.59 Å². The summed E-state index contributed by atoms with van der Waals surface area (Å²) < 4.78 is 7.87. The summed E-state index contributed by atoms with van der Waals surface area (Å²) >= 11 is 1.30. The van der Waals surface area contributed by atoms with Crippen LogP contribution >= 0.6 is 11.3 Å². The normalized spacial score (nSPS) is 10.9. The van der Waals surface area contributed by atoms with Crippen LogP contribution in [0.5, 0.6) is 5.75 Å². The first-order valence-corrected chi connectivity index (χ1v) is 10.3. The fourth-order valence-electron chi connectivity index (χ4n) is 3.21. The molecule has 30 heavy (non-hydrogen) atoms. The smallest absolute Gasteiger partial charge is 0.300 e. The van der Waals surface area contributed by atoms with Gasteiger partial charge >= 0.3 is 0 Å². The van der Waals surface area contributed by atoms with Crippen molar-refractivity contribution in [3.05, 3.63) is 77.1 Å². The van der Waals surface area contributed by atoms with Crippen LogP contribution < -0.4 is 10.1 Å². The van der Waals surface area contributed by atoms with E-state index in [-0.39, 0.29) is 0 Å². The van der Waals surface area contributed by atoms with Crippen LogP contribution in [0.25, 0.3) is 10.2 Å². The van der Waals surface area contributed by atoms with Gasteiger partial charge in [0, 0.05) is 12.7 Å². The van der Waals surface area contributed by atoms with Gasteiger partial charge in [-0.2, -0.15) is 0 Å². The number of aromatic nitrogens is 2. The molecule has 4 aromatic rings. The number of hydrogen-bond acceptors (Lipinski definition) is 5. The van der Waals surface area contributed by atoms with Gasteiger partial charge in [-0.05, 0) is 60.9 Å². The van der Waals surface area contributed by atoms with Gasteiger partial charge in [-0.3, -0.25) is 14.9 Å². The van der Waals surface area contributed by atoms with Crippen molar-refractivity contribution in [2.75, 3.05) is 12.4 Å². The van der Waals surface area contributed by atoms with Crippen molar-refractivity contribution in [1.82, 2.24) is 9.55 Å². The summed E-state index contributed by atoms with van der Waals surface area (Å²) in [6.45, 7) is 4.64. The Morgan fingerprint density at radius 1 is 1.10 bits per heavy atom. The van der Waals surface area contributed by atoms with E-state index in [1.54, 1.807) is 36.1 Å². The Bertz CT molecular complexity index is 1260. The number of nitrogens with one attached hydrogen (secondary N) is 1. The predicted octanol–water partition coefficient (Wildman–Crippen LogP) is 4.59. The van der Waals surface area contributed by atoms with E-state index in [0.717, 1.165) is 15.8 Å². The molecule has 0 atom stereocenters. The molecule has 2 aromatic carbocycles. The number of rotatable bonds is 6. The molecule has 2 heterocycles. The summed E-state index contributed by atoms with van der Waals surface area (Å²) in [6, 6.07) is 15.1. The number of amides is 1. The summed E-state index contributed by atoms with van der Waals surface area (Å²) in [4.78, 5) is 29.7. The number of thiazole rings is 1. The summed E-state index contributed by atoms with van der Waals surface area (Å²) in [7, 11) is 1.59. The number of ether oxygens (including phenoxy) is 1. The maximum absolute atomic E-state index is 12.8. The van der Waals surface area contributed by atoms with Crippen LogP contribution in [-0.4, -0.2) is 28.4 Å². The second kappa shape index (κ2) is 8.12. The molecule has 0 spiro atoms. The monoisotopic (exact) mass is 419 g/mol. The summed E-state index contributed by atoms with van der Waals surface area (Å²) in [5.74, 6) is -0.592. The molecule has 0 radical (unpaired) electrons. The highest BCUT2D eigenvalue weighted by molar-refractivity contribution is 7.22. The first-order valence-electron chi connectivity index (χ1n) is 9.46. The molecule has 1 amide bonds. The number of carbonyl (C=O) groups is 2. The van der Waals surface area contributed by atoms with Crippen molar-refractivity contribution >= 4 is 38.4 Å². The van der Waals surface area contributed by atoms with Crippen LogP contribution in [0.2, 0.25) is 0 Å². The average molecular weight is 420 g/mol. The summed E-state index contributed by atoms with van der Waals surface area (Å²) in [5, 5.41) is 3.01. The molecule has 0 aliphatic carbocycles. The van der Waals surface area contributed by atoms with E-state index in [1.165, 1.54) is 22.5 Å². The quantitative estimate of drug-likeness (QED) is 0.366. The number of benzene rings is 2. The molecule has 0 saturated carbocycles. The molecule has 7 heteroatoms. The number of ketones is 1. The largest absolute Gasteiger partial charge is 0.497 e. The molecule has 4 rings (SSSR count). The van der Waals surface area contributed by atoms with Crippen molar-refractivity contribution in [2.24, 2.45) is 0 Å².